The Balaban J connectivity index is 2.45. The van der Waals surface area contributed by atoms with E-state index in [2.05, 4.69) is 0 Å². The van der Waals surface area contributed by atoms with Gasteiger partial charge in [0.2, 0.25) is 0 Å². The van der Waals surface area contributed by atoms with Gasteiger partial charge in [-0.15, -0.1) is 0 Å². The van der Waals surface area contributed by atoms with Crippen LogP contribution in [0.2, 0.25) is 0 Å². The molecule has 0 aromatic heterocycles. The van der Waals surface area contributed by atoms with Gasteiger partial charge in [-0.3, -0.25) is 0 Å². The van der Waals surface area contributed by atoms with Crippen LogP contribution in [0, 0.1) is 0 Å². The van der Waals surface area contributed by atoms with Crippen LogP contribution in [0.1, 0.15) is 6.42 Å². The Morgan fingerprint density at radius 1 is 1.45 bits per heavy atom. The van der Waals surface area contributed by atoms with E-state index in [9.17, 15) is 0 Å². The first-order chi connectivity index (χ1) is 5.15. The van der Waals surface area contributed by atoms with Crippen LogP contribution in [0.15, 0.2) is 0 Å². The largest absolute Gasteiger partial charge is 0.394 e. The molecule has 1 aliphatic rings. The van der Waals surface area contributed by atoms with E-state index in [0.29, 0.717) is 0 Å². The Hall–Kier alpha value is -0.200. The van der Waals surface area contributed by atoms with Crippen LogP contribution in [-0.2, 0) is 4.74 Å². The molecule has 1 saturated heterocycles. The van der Waals surface area contributed by atoms with Gasteiger partial charge < -0.3 is 25.2 Å². The maximum atomic E-state index is 9.10. The SMILES string of the molecule is OCC(O)[C@H]1OC(O)CC1O. The molecular weight excluding hydrogens is 152 g/mol. The van der Waals surface area contributed by atoms with Crippen LogP contribution >= 0.6 is 0 Å². The van der Waals surface area contributed by atoms with Crippen molar-refractivity contribution in [1.82, 2.24) is 0 Å². The van der Waals surface area contributed by atoms with Crippen LogP contribution in [0.4, 0.5) is 0 Å². The smallest absolute Gasteiger partial charge is 0.157 e. The van der Waals surface area contributed by atoms with E-state index in [0.717, 1.165) is 0 Å². The molecule has 0 aromatic carbocycles. The third kappa shape index (κ3) is 1.88. The van der Waals surface area contributed by atoms with Gasteiger partial charge in [-0.25, -0.2) is 0 Å². The van der Waals surface area contributed by atoms with Crippen molar-refractivity contribution in [3.63, 3.8) is 0 Å². The van der Waals surface area contributed by atoms with Crippen molar-refractivity contribution in [2.24, 2.45) is 0 Å². The van der Waals surface area contributed by atoms with Gasteiger partial charge in [0, 0.05) is 6.42 Å². The van der Waals surface area contributed by atoms with Crippen molar-refractivity contribution in [3.8, 4) is 0 Å². The first-order valence-electron chi connectivity index (χ1n) is 3.45. The molecule has 0 bridgehead atoms. The van der Waals surface area contributed by atoms with Gasteiger partial charge in [-0.2, -0.15) is 0 Å². The van der Waals surface area contributed by atoms with E-state index < -0.39 is 31.2 Å². The molecule has 0 amide bonds. The van der Waals surface area contributed by atoms with E-state index in [1.165, 1.54) is 0 Å². The summed E-state index contributed by atoms with van der Waals surface area (Å²) in [6.07, 6.45) is -3.83. The zero-order valence-corrected chi connectivity index (χ0v) is 5.92. The molecule has 1 fully saturated rings. The van der Waals surface area contributed by atoms with E-state index >= 15 is 0 Å². The van der Waals surface area contributed by atoms with Crippen molar-refractivity contribution < 1.29 is 25.2 Å². The highest BCUT2D eigenvalue weighted by atomic mass is 16.6. The summed E-state index contributed by atoms with van der Waals surface area (Å²) in [4.78, 5) is 0. The minimum absolute atomic E-state index is 0.0850. The van der Waals surface area contributed by atoms with Gasteiger partial charge in [-0.1, -0.05) is 0 Å². The topological polar surface area (TPSA) is 90.2 Å². The second-order valence-corrected chi connectivity index (χ2v) is 2.61. The predicted octanol–water partition coefficient (Wildman–Crippen LogP) is -2.19. The minimum Gasteiger partial charge on any atom is -0.394 e. The standard InChI is InChI=1S/C6H12O5/c7-2-4(9)6-3(8)1-5(10)11-6/h3-10H,1-2H2/t3?,4?,5?,6-/m0/s1. The third-order valence-electron chi connectivity index (χ3n) is 1.70. The monoisotopic (exact) mass is 164 g/mol. The summed E-state index contributed by atoms with van der Waals surface area (Å²) in [5.74, 6) is 0. The maximum absolute atomic E-state index is 9.10. The molecule has 11 heavy (non-hydrogen) atoms. The Morgan fingerprint density at radius 2 is 2.09 bits per heavy atom. The minimum atomic E-state index is -1.12. The Kier molecular flexibility index (Phi) is 2.80. The number of aliphatic hydroxyl groups is 4. The summed E-state index contributed by atoms with van der Waals surface area (Å²) < 4.78 is 4.72. The van der Waals surface area contributed by atoms with Crippen LogP contribution in [-0.4, -0.2) is 51.6 Å². The lowest BCUT2D eigenvalue weighted by atomic mass is 10.1. The average Bonchev–Trinajstić information content (AvgIpc) is 2.28. The van der Waals surface area contributed by atoms with E-state index in [4.69, 9.17) is 25.2 Å². The molecule has 1 heterocycles. The van der Waals surface area contributed by atoms with Crippen molar-refractivity contribution in [1.29, 1.82) is 0 Å². The Labute approximate surface area is 63.8 Å². The Morgan fingerprint density at radius 3 is 2.45 bits per heavy atom. The van der Waals surface area contributed by atoms with E-state index in [-0.39, 0.29) is 6.42 Å². The number of hydrogen-bond donors (Lipinski definition) is 4. The predicted molar refractivity (Wildman–Crippen MR) is 34.6 cm³/mol. The van der Waals surface area contributed by atoms with E-state index in [1.807, 2.05) is 0 Å². The van der Waals surface area contributed by atoms with Gasteiger partial charge in [0.05, 0.1) is 12.7 Å². The summed E-state index contributed by atoms with van der Waals surface area (Å²) in [5.41, 5.74) is 0. The first kappa shape index (κ1) is 8.89. The lowest BCUT2D eigenvalue weighted by Crippen LogP contribution is -2.36. The zero-order valence-electron chi connectivity index (χ0n) is 5.92. The molecule has 5 heteroatoms. The molecule has 0 saturated carbocycles. The quantitative estimate of drug-likeness (QED) is 0.372. The van der Waals surface area contributed by atoms with Gasteiger partial charge in [0.1, 0.15) is 12.2 Å². The van der Waals surface area contributed by atoms with Crippen molar-refractivity contribution >= 4 is 0 Å². The first-order valence-corrected chi connectivity index (χ1v) is 3.45. The maximum Gasteiger partial charge on any atom is 0.157 e. The lowest BCUT2D eigenvalue weighted by Gasteiger charge is -2.17. The molecule has 0 aromatic rings. The van der Waals surface area contributed by atoms with Crippen molar-refractivity contribution in [2.75, 3.05) is 6.61 Å². The number of rotatable bonds is 2. The van der Waals surface area contributed by atoms with Gasteiger partial charge in [-0.05, 0) is 0 Å². The van der Waals surface area contributed by atoms with Gasteiger partial charge >= 0.3 is 0 Å². The highest BCUT2D eigenvalue weighted by Gasteiger charge is 2.37. The summed E-state index contributed by atoms with van der Waals surface area (Å²) in [5, 5.41) is 35.4. The molecule has 0 aliphatic carbocycles. The zero-order chi connectivity index (χ0) is 8.43. The Bertz CT molecular complexity index is 124. The second-order valence-electron chi connectivity index (χ2n) is 2.61. The number of aliphatic hydroxyl groups excluding tert-OH is 4. The van der Waals surface area contributed by atoms with Crippen LogP contribution in [0.5, 0.6) is 0 Å². The van der Waals surface area contributed by atoms with Gasteiger partial charge in [0.15, 0.2) is 6.29 Å². The summed E-state index contributed by atoms with van der Waals surface area (Å²) in [6, 6.07) is 0. The number of ether oxygens (including phenoxy) is 1. The fourth-order valence-corrected chi connectivity index (χ4v) is 1.12. The molecule has 1 rings (SSSR count). The molecule has 4 atom stereocenters. The summed E-state index contributed by atoms with van der Waals surface area (Å²) >= 11 is 0. The van der Waals surface area contributed by atoms with Crippen molar-refractivity contribution in [3.05, 3.63) is 0 Å². The molecule has 66 valence electrons. The van der Waals surface area contributed by atoms with Crippen LogP contribution in [0.25, 0.3) is 0 Å². The summed E-state index contributed by atoms with van der Waals surface area (Å²) in [7, 11) is 0. The lowest BCUT2D eigenvalue weighted by molar-refractivity contribution is -0.136. The van der Waals surface area contributed by atoms with Crippen LogP contribution < -0.4 is 0 Å². The fraction of sp³-hybridized carbons (Fsp3) is 1.00. The molecular formula is C6H12O5. The normalized spacial score (nSPS) is 40.9. The molecule has 4 N–H and O–H groups in total. The molecule has 1 aliphatic heterocycles. The van der Waals surface area contributed by atoms with Crippen molar-refractivity contribution in [2.45, 2.75) is 31.0 Å². The van der Waals surface area contributed by atoms with Gasteiger partial charge in [0.25, 0.3) is 0 Å². The highest BCUT2D eigenvalue weighted by Crippen LogP contribution is 2.20. The van der Waals surface area contributed by atoms with E-state index in [1.54, 1.807) is 0 Å². The highest BCUT2D eigenvalue weighted by molar-refractivity contribution is 4.82. The summed E-state index contributed by atoms with van der Waals surface area (Å²) in [6.45, 7) is -0.478. The molecule has 0 spiro atoms. The fourth-order valence-electron chi connectivity index (χ4n) is 1.12. The number of hydrogen-bond acceptors (Lipinski definition) is 5. The average molecular weight is 164 g/mol. The second kappa shape index (κ2) is 3.46. The third-order valence-corrected chi connectivity index (χ3v) is 1.70. The molecule has 0 radical (unpaired) electrons. The molecule has 5 nitrogen and oxygen atoms in total. The molecule has 3 unspecified atom stereocenters. The van der Waals surface area contributed by atoms with Crippen LogP contribution in [0.3, 0.4) is 0 Å².